The van der Waals surface area contributed by atoms with Gasteiger partial charge in [0.1, 0.15) is 6.61 Å². The molecule has 2 heterocycles. The number of piperazine rings is 1. The molecule has 1 amide bonds. The fraction of sp³-hybridized carbons (Fsp3) is 0.448. The molecule has 13 heteroatoms. The summed E-state index contributed by atoms with van der Waals surface area (Å²) in [6.07, 6.45) is -4.71. The van der Waals surface area contributed by atoms with E-state index in [1.165, 1.54) is 44.2 Å². The molecule has 0 bridgehead atoms. The van der Waals surface area contributed by atoms with E-state index in [2.05, 4.69) is 21.7 Å². The van der Waals surface area contributed by atoms with Crippen LogP contribution in [-0.4, -0.2) is 60.7 Å². The molecule has 6 nitrogen and oxygen atoms in total. The number of hydrogen-bond donors (Lipinski definition) is 0. The normalized spacial score (nSPS) is 17.6. The Balaban J connectivity index is 1.41. The summed E-state index contributed by atoms with van der Waals surface area (Å²) in [7, 11) is 1.34. The van der Waals surface area contributed by atoms with E-state index in [0.717, 1.165) is 38.8 Å². The van der Waals surface area contributed by atoms with Gasteiger partial charge in [-0.2, -0.15) is 31.3 Å². The van der Waals surface area contributed by atoms with Crippen LogP contribution in [0.1, 0.15) is 48.4 Å². The summed E-state index contributed by atoms with van der Waals surface area (Å²) in [5.74, 6) is -0.0888. The van der Waals surface area contributed by atoms with E-state index in [1.54, 1.807) is 18.2 Å². The number of nitrogens with zero attached hydrogens (tertiary/aromatic N) is 3. The highest BCUT2D eigenvalue weighted by molar-refractivity contribution is 8.18. The van der Waals surface area contributed by atoms with Gasteiger partial charge in [0.25, 0.3) is 5.91 Å². The van der Waals surface area contributed by atoms with Gasteiger partial charge >= 0.3 is 12.4 Å². The minimum Gasteiger partial charge on any atom is -0.493 e. The first kappa shape index (κ1) is 31.7. The van der Waals surface area contributed by atoms with Crippen LogP contribution < -0.4 is 9.47 Å². The van der Waals surface area contributed by atoms with E-state index >= 15 is 0 Å². The number of amidine groups is 1. The van der Waals surface area contributed by atoms with Gasteiger partial charge in [0, 0.05) is 31.7 Å². The van der Waals surface area contributed by atoms with E-state index in [0.29, 0.717) is 21.7 Å². The summed E-state index contributed by atoms with van der Waals surface area (Å²) in [5.41, 5.74) is -2.70. The number of aliphatic imine (C=N–C) groups is 1. The van der Waals surface area contributed by atoms with Crippen LogP contribution in [0, 0.1) is 0 Å². The van der Waals surface area contributed by atoms with Crippen molar-refractivity contribution in [2.75, 3.05) is 39.8 Å². The van der Waals surface area contributed by atoms with Crippen molar-refractivity contribution in [1.82, 2.24) is 9.80 Å². The molecule has 2 aromatic carbocycles. The smallest absolute Gasteiger partial charge is 0.416 e. The number of carbonyl (C=O) groups excluding carboxylic acids is 1. The quantitative estimate of drug-likeness (QED) is 0.171. The number of methoxy groups -OCH3 is 1. The second-order valence-corrected chi connectivity index (χ2v) is 10.9. The van der Waals surface area contributed by atoms with E-state index in [4.69, 9.17) is 9.47 Å². The third kappa shape index (κ3) is 8.00. The van der Waals surface area contributed by atoms with Crippen molar-refractivity contribution in [3.8, 4) is 11.5 Å². The second-order valence-electron chi connectivity index (χ2n) is 9.91. The Hall–Kier alpha value is -3.19. The number of halogens is 6. The molecule has 0 saturated carbocycles. The van der Waals surface area contributed by atoms with Crippen molar-refractivity contribution in [3.63, 3.8) is 0 Å². The van der Waals surface area contributed by atoms with Gasteiger partial charge in [-0.3, -0.25) is 9.69 Å². The Bertz CT molecular complexity index is 1330. The fourth-order valence-electron chi connectivity index (χ4n) is 4.62. The molecule has 0 unspecified atom stereocenters. The number of amides is 1. The molecule has 0 aromatic heterocycles. The summed E-state index contributed by atoms with van der Waals surface area (Å²) in [6, 6.07) is 6.03. The maximum absolute atomic E-state index is 13.5. The van der Waals surface area contributed by atoms with Crippen LogP contribution in [0.3, 0.4) is 0 Å². The first-order valence-electron chi connectivity index (χ1n) is 13.5. The van der Waals surface area contributed by atoms with Crippen LogP contribution in [0.25, 0.3) is 6.08 Å². The summed E-state index contributed by atoms with van der Waals surface area (Å²) in [6.45, 7) is 6.00. The summed E-state index contributed by atoms with van der Waals surface area (Å²) >= 11 is 1.29. The molecule has 0 atom stereocenters. The standard InChI is InChI=1S/C29H31F6N3O3S/c1-3-4-5-10-37-11-13-38(14-12-37)27-36-26(39)25(42-27)16-19-6-9-23(24(15-19)40-2)41-18-20-7-8-21(28(30,31)32)17-22(20)29(33,34)35/h6-9,15-17H,3-5,10-14,18H2,1-2H3/b25-16-. The Morgan fingerprint density at radius 3 is 2.33 bits per heavy atom. The van der Waals surface area contributed by atoms with Gasteiger partial charge in [-0.05, 0) is 60.6 Å². The molecule has 0 N–H and O–H groups in total. The number of benzene rings is 2. The maximum Gasteiger partial charge on any atom is 0.416 e. The van der Waals surface area contributed by atoms with Crippen molar-refractivity contribution < 1.29 is 40.6 Å². The molecule has 42 heavy (non-hydrogen) atoms. The average molecular weight is 616 g/mol. The molecule has 2 aromatic rings. The third-order valence-electron chi connectivity index (χ3n) is 6.94. The highest BCUT2D eigenvalue weighted by Gasteiger charge is 2.38. The Morgan fingerprint density at radius 2 is 1.69 bits per heavy atom. The van der Waals surface area contributed by atoms with Crippen molar-refractivity contribution in [1.29, 1.82) is 0 Å². The topological polar surface area (TPSA) is 54.4 Å². The zero-order chi connectivity index (χ0) is 30.5. The number of unbranched alkanes of at least 4 members (excludes halogenated alkanes) is 2. The van der Waals surface area contributed by atoms with Gasteiger partial charge in [-0.15, -0.1) is 0 Å². The van der Waals surface area contributed by atoms with Crippen molar-refractivity contribution in [3.05, 3.63) is 63.6 Å². The van der Waals surface area contributed by atoms with E-state index in [1.807, 2.05) is 0 Å². The monoisotopic (exact) mass is 615 g/mol. The van der Waals surface area contributed by atoms with Gasteiger partial charge in [0.05, 0.1) is 23.1 Å². The molecule has 2 aliphatic heterocycles. The molecular weight excluding hydrogens is 584 g/mol. The SMILES string of the molecule is CCCCCN1CCN(C2=NC(=O)/C(=C/c3ccc(OCc4ccc(C(F)(F)F)cc4C(F)(F)F)c(OC)c3)S2)CC1. The van der Waals surface area contributed by atoms with Crippen molar-refractivity contribution in [2.45, 2.75) is 45.1 Å². The van der Waals surface area contributed by atoms with Gasteiger partial charge in [-0.1, -0.05) is 31.9 Å². The lowest BCUT2D eigenvalue weighted by molar-refractivity contribution is -0.143. The number of alkyl halides is 6. The molecule has 2 aliphatic rings. The minimum atomic E-state index is -5.01. The fourth-order valence-corrected chi connectivity index (χ4v) is 5.59. The molecule has 1 fully saturated rings. The first-order chi connectivity index (χ1) is 19.9. The number of thioether (sulfide) groups is 1. The lowest BCUT2D eigenvalue weighted by atomic mass is 10.0. The predicted octanol–water partition coefficient (Wildman–Crippen LogP) is 7.09. The largest absolute Gasteiger partial charge is 0.493 e. The highest BCUT2D eigenvalue weighted by atomic mass is 32.2. The van der Waals surface area contributed by atoms with Crippen LogP contribution in [-0.2, 0) is 23.8 Å². The molecular formula is C29H31F6N3O3S. The molecule has 228 valence electrons. The Morgan fingerprint density at radius 1 is 0.952 bits per heavy atom. The lowest BCUT2D eigenvalue weighted by Gasteiger charge is -2.35. The van der Waals surface area contributed by atoms with Gasteiger partial charge in [0.2, 0.25) is 0 Å². The summed E-state index contributed by atoms with van der Waals surface area (Å²) in [4.78, 5) is 21.8. The number of ether oxygens (including phenoxy) is 2. The maximum atomic E-state index is 13.5. The number of rotatable bonds is 9. The first-order valence-corrected chi connectivity index (χ1v) is 14.3. The minimum absolute atomic E-state index is 0.0747. The van der Waals surface area contributed by atoms with E-state index in [9.17, 15) is 31.1 Å². The van der Waals surface area contributed by atoms with E-state index < -0.39 is 35.6 Å². The second kappa shape index (κ2) is 13.4. The third-order valence-corrected chi connectivity index (χ3v) is 7.99. The molecule has 0 aliphatic carbocycles. The van der Waals surface area contributed by atoms with E-state index in [-0.39, 0.29) is 23.5 Å². The Kier molecular flexibility index (Phi) is 10.1. The van der Waals surface area contributed by atoms with Crippen LogP contribution in [0.2, 0.25) is 0 Å². The Labute approximate surface area is 244 Å². The van der Waals surface area contributed by atoms with Crippen LogP contribution in [0.15, 0.2) is 46.3 Å². The molecule has 4 rings (SSSR count). The molecule has 0 spiro atoms. The molecule has 0 radical (unpaired) electrons. The molecule has 1 saturated heterocycles. The predicted molar refractivity (Wildman–Crippen MR) is 149 cm³/mol. The zero-order valence-electron chi connectivity index (χ0n) is 23.1. The van der Waals surface area contributed by atoms with Crippen LogP contribution >= 0.6 is 11.8 Å². The summed E-state index contributed by atoms with van der Waals surface area (Å²) < 4.78 is 90.2. The van der Waals surface area contributed by atoms with Gasteiger partial charge in [0.15, 0.2) is 16.7 Å². The van der Waals surface area contributed by atoms with Crippen LogP contribution in [0.5, 0.6) is 11.5 Å². The van der Waals surface area contributed by atoms with Gasteiger partial charge in [-0.25, -0.2) is 0 Å². The van der Waals surface area contributed by atoms with Crippen LogP contribution in [0.4, 0.5) is 26.3 Å². The number of carbonyl (C=O) groups is 1. The van der Waals surface area contributed by atoms with Crippen molar-refractivity contribution in [2.24, 2.45) is 4.99 Å². The van der Waals surface area contributed by atoms with Gasteiger partial charge < -0.3 is 14.4 Å². The lowest BCUT2D eigenvalue weighted by Crippen LogP contribution is -2.47. The summed E-state index contributed by atoms with van der Waals surface area (Å²) in [5, 5.41) is 0.656. The van der Waals surface area contributed by atoms with Crippen molar-refractivity contribution >= 4 is 28.9 Å². The number of hydrogen-bond acceptors (Lipinski definition) is 6. The highest BCUT2D eigenvalue weighted by Crippen LogP contribution is 2.39. The average Bonchev–Trinajstić information content (AvgIpc) is 3.31. The zero-order valence-corrected chi connectivity index (χ0v) is 24.0.